The molecule has 0 aliphatic carbocycles. The minimum atomic E-state index is -0.108. The maximum atomic E-state index is 8.43. The van der Waals surface area contributed by atoms with E-state index in [-0.39, 0.29) is 6.61 Å². The van der Waals surface area contributed by atoms with Crippen molar-refractivity contribution >= 4 is 17.3 Å². The third-order valence-corrected chi connectivity index (χ3v) is 2.26. The molecule has 0 saturated carbocycles. The van der Waals surface area contributed by atoms with Gasteiger partial charge in [-0.3, -0.25) is 0 Å². The Balaban J connectivity index is 2.63. The molecule has 0 unspecified atom stereocenters. The Morgan fingerprint density at radius 2 is 2.21 bits per heavy atom. The summed E-state index contributed by atoms with van der Waals surface area (Å²) in [5.74, 6) is 5.31. The van der Waals surface area contributed by atoms with Gasteiger partial charge < -0.3 is 10.4 Å². The van der Waals surface area contributed by atoms with Gasteiger partial charge in [0.1, 0.15) is 6.61 Å². The van der Waals surface area contributed by atoms with Gasteiger partial charge in [0.15, 0.2) is 0 Å². The van der Waals surface area contributed by atoms with Crippen LogP contribution >= 0.6 is 11.6 Å². The molecule has 3 heteroatoms. The van der Waals surface area contributed by atoms with Crippen LogP contribution in [-0.4, -0.2) is 18.3 Å². The summed E-state index contributed by atoms with van der Waals surface area (Å²) >= 11 is 6.05. The highest BCUT2D eigenvalue weighted by atomic mass is 35.5. The average Bonchev–Trinajstić information content (AvgIpc) is 2.19. The van der Waals surface area contributed by atoms with Gasteiger partial charge >= 0.3 is 0 Å². The van der Waals surface area contributed by atoms with E-state index in [1.54, 1.807) is 0 Å². The minimum Gasteiger partial charge on any atom is -0.384 e. The van der Waals surface area contributed by atoms with Crippen molar-refractivity contribution in [3.8, 4) is 11.8 Å². The number of aryl methyl sites for hydroxylation is 1. The molecule has 0 amide bonds. The van der Waals surface area contributed by atoms with Gasteiger partial charge in [0.2, 0.25) is 0 Å². The third kappa shape index (κ3) is 2.95. The van der Waals surface area contributed by atoms with Crippen molar-refractivity contribution in [3.05, 3.63) is 28.8 Å². The lowest BCUT2D eigenvalue weighted by molar-refractivity contribution is 0.350. The molecule has 0 bridgehead atoms. The minimum absolute atomic E-state index is 0.108. The smallest absolute Gasteiger partial charge is 0.104 e. The zero-order chi connectivity index (χ0) is 10.4. The number of halogens is 1. The Morgan fingerprint density at radius 1 is 1.43 bits per heavy atom. The van der Waals surface area contributed by atoms with Crippen LogP contribution in [0.5, 0.6) is 0 Å². The van der Waals surface area contributed by atoms with Crippen LogP contribution in [0.2, 0.25) is 5.02 Å². The molecule has 0 heterocycles. The van der Waals surface area contributed by atoms with Crippen LogP contribution in [0.15, 0.2) is 18.2 Å². The highest BCUT2D eigenvalue weighted by Gasteiger charge is 1.99. The first-order valence-electron chi connectivity index (χ1n) is 4.31. The Hall–Kier alpha value is -1.17. The van der Waals surface area contributed by atoms with E-state index < -0.39 is 0 Å². The molecule has 0 aliphatic rings. The molecule has 1 rings (SSSR count). The molecule has 0 aromatic heterocycles. The van der Waals surface area contributed by atoms with Crippen molar-refractivity contribution in [1.82, 2.24) is 0 Å². The van der Waals surface area contributed by atoms with Gasteiger partial charge in [0.05, 0.1) is 17.3 Å². The second-order valence-electron chi connectivity index (χ2n) is 2.80. The zero-order valence-electron chi connectivity index (χ0n) is 7.97. The van der Waals surface area contributed by atoms with E-state index in [1.807, 2.05) is 25.1 Å². The van der Waals surface area contributed by atoms with Crippen LogP contribution in [0.1, 0.15) is 5.56 Å². The van der Waals surface area contributed by atoms with Gasteiger partial charge in [0.25, 0.3) is 0 Å². The summed E-state index contributed by atoms with van der Waals surface area (Å²) in [6.07, 6.45) is 0. The Kier molecular flexibility index (Phi) is 4.31. The first-order chi connectivity index (χ1) is 6.75. The predicted molar refractivity (Wildman–Crippen MR) is 59.5 cm³/mol. The number of nitrogens with one attached hydrogen (secondary N) is 1. The van der Waals surface area contributed by atoms with Gasteiger partial charge in [-0.2, -0.15) is 0 Å². The Labute approximate surface area is 88.9 Å². The molecule has 0 aliphatic heterocycles. The number of aliphatic hydroxyl groups is 1. The number of benzene rings is 1. The van der Waals surface area contributed by atoms with Crippen molar-refractivity contribution in [1.29, 1.82) is 0 Å². The molecule has 1 aromatic rings. The highest BCUT2D eigenvalue weighted by molar-refractivity contribution is 6.34. The lowest BCUT2D eigenvalue weighted by atomic mass is 10.2. The summed E-state index contributed by atoms with van der Waals surface area (Å²) in [7, 11) is 0. The second kappa shape index (κ2) is 5.54. The zero-order valence-corrected chi connectivity index (χ0v) is 8.73. The SMILES string of the molecule is Cc1cccc(NCC#CCO)c1Cl. The van der Waals surface area contributed by atoms with E-state index in [0.717, 1.165) is 16.3 Å². The fraction of sp³-hybridized carbons (Fsp3) is 0.273. The Morgan fingerprint density at radius 3 is 2.93 bits per heavy atom. The molecule has 0 saturated heterocycles. The van der Waals surface area contributed by atoms with Crippen LogP contribution < -0.4 is 5.32 Å². The molecule has 14 heavy (non-hydrogen) atoms. The van der Waals surface area contributed by atoms with Crippen LogP contribution in [0.25, 0.3) is 0 Å². The molecular weight excluding hydrogens is 198 g/mol. The predicted octanol–water partition coefficient (Wildman–Crippen LogP) is 2.06. The molecule has 0 atom stereocenters. The van der Waals surface area contributed by atoms with E-state index in [1.165, 1.54) is 0 Å². The first kappa shape index (κ1) is 10.9. The van der Waals surface area contributed by atoms with Crippen molar-refractivity contribution in [2.45, 2.75) is 6.92 Å². The molecule has 0 spiro atoms. The largest absolute Gasteiger partial charge is 0.384 e. The lowest BCUT2D eigenvalue weighted by Gasteiger charge is -2.06. The van der Waals surface area contributed by atoms with Crippen LogP contribution in [-0.2, 0) is 0 Å². The number of hydrogen-bond donors (Lipinski definition) is 2. The second-order valence-corrected chi connectivity index (χ2v) is 3.18. The van der Waals surface area contributed by atoms with E-state index in [4.69, 9.17) is 16.7 Å². The van der Waals surface area contributed by atoms with E-state index in [2.05, 4.69) is 17.2 Å². The third-order valence-electron chi connectivity index (χ3n) is 1.76. The quantitative estimate of drug-likeness (QED) is 0.731. The summed E-state index contributed by atoms with van der Waals surface area (Å²) in [5, 5.41) is 12.2. The van der Waals surface area contributed by atoms with Crippen molar-refractivity contribution in [2.75, 3.05) is 18.5 Å². The number of hydrogen-bond acceptors (Lipinski definition) is 2. The maximum Gasteiger partial charge on any atom is 0.104 e. The summed E-state index contributed by atoms with van der Waals surface area (Å²) in [6, 6.07) is 5.78. The van der Waals surface area contributed by atoms with Crippen molar-refractivity contribution < 1.29 is 5.11 Å². The fourth-order valence-corrected chi connectivity index (χ4v) is 1.23. The molecule has 74 valence electrons. The van der Waals surface area contributed by atoms with Crippen LogP contribution in [0.3, 0.4) is 0 Å². The Bertz CT molecular complexity index is 365. The van der Waals surface area contributed by atoms with Crippen molar-refractivity contribution in [2.24, 2.45) is 0 Å². The van der Waals surface area contributed by atoms with Gasteiger partial charge in [-0.15, -0.1) is 0 Å². The molecule has 0 fully saturated rings. The topological polar surface area (TPSA) is 32.3 Å². The van der Waals surface area contributed by atoms with Crippen molar-refractivity contribution in [3.63, 3.8) is 0 Å². The molecular formula is C11H12ClNO. The summed E-state index contributed by atoms with van der Waals surface area (Å²) in [5.41, 5.74) is 1.91. The first-order valence-corrected chi connectivity index (χ1v) is 4.69. The summed E-state index contributed by atoms with van der Waals surface area (Å²) in [4.78, 5) is 0. The lowest BCUT2D eigenvalue weighted by Crippen LogP contribution is -2.00. The van der Waals surface area contributed by atoms with Gasteiger partial charge in [-0.1, -0.05) is 35.6 Å². The van der Waals surface area contributed by atoms with Crippen LogP contribution in [0, 0.1) is 18.8 Å². The molecule has 0 radical (unpaired) electrons. The fourth-order valence-electron chi connectivity index (χ4n) is 1.04. The highest BCUT2D eigenvalue weighted by Crippen LogP contribution is 2.24. The summed E-state index contributed by atoms with van der Waals surface area (Å²) < 4.78 is 0. The van der Waals surface area contributed by atoms with Crippen LogP contribution in [0.4, 0.5) is 5.69 Å². The van der Waals surface area contributed by atoms with E-state index >= 15 is 0 Å². The summed E-state index contributed by atoms with van der Waals surface area (Å²) in [6.45, 7) is 2.33. The maximum absolute atomic E-state index is 8.43. The van der Waals surface area contributed by atoms with E-state index in [0.29, 0.717) is 6.54 Å². The number of aliphatic hydroxyl groups excluding tert-OH is 1. The number of anilines is 1. The van der Waals surface area contributed by atoms with Gasteiger partial charge in [0, 0.05) is 0 Å². The molecule has 2 N–H and O–H groups in total. The normalized spacial score (nSPS) is 9.07. The molecule has 2 nitrogen and oxygen atoms in total. The molecule has 1 aromatic carbocycles. The van der Waals surface area contributed by atoms with Gasteiger partial charge in [-0.25, -0.2) is 0 Å². The van der Waals surface area contributed by atoms with Gasteiger partial charge in [-0.05, 0) is 18.6 Å². The van der Waals surface area contributed by atoms with E-state index in [9.17, 15) is 0 Å². The number of rotatable bonds is 2. The monoisotopic (exact) mass is 209 g/mol. The standard InChI is InChI=1S/C11H12ClNO/c1-9-5-4-6-10(11(9)12)13-7-2-3-8-14/h4-6,13-14H,7-8H2,1H3. The average molecular weight is 210 g/mol.